The van der Waals surface area contributed by atoms with Crippen LogP contribution in [0.2, 0.25) is 0 Å². The van der Waals surface area contributed by atoms with Crippen LogP contribution in [-0.4, -0.2) is 52.3 Å². The molecule has 2 fully saturated rings. The van der Waals surface area contributed by atoms with Gasteiger partial charge in [0.15, 0.2) is 0 Å². The van der Waals surface area contributed by atoms with Gasteiger partial charge in [0.1, 0.15) is 12.1 Å². The predicted octanol–water partition coefficient (Wildman–Crippen LogP) is 3.30. The van der Waals surface area contributed by atoms with Crippen molar-refractivity contribution < 1.29 is 14.4 Å². The quantitative estimate of drug-likeness (QED) is 0.671. The SMILES string of the molecule is CCCCN(C(=O)CN1C(=O)NC2(CCC(CC)CC2)C1=O)C(C)CC. The second-order valence-electron chi connectivity index (χ2n) is 7.95. The van der Waals surface area contributed by atoms with Crippen molar-refractivity contribution in [1.82, 2.24) is 15.1 Å². The molecule has 1 atom stereocenters. The van der Waals surface area contributed by atoms with Gasteiger partial charge in [0, 0.05) is 12.6 Å². The lowest BCUT2D eigenvalue weighted by molar-refractivity contribution is -0.140. The van der Waals surface area contributed by atoms with Gasteiger partial charge in [-0.25, -0.2) is 4.79 Å². The molecule has 1 unspecified atom stereocenters. The molecular formula is C20H35N3O3. The minimum Gasteiger partial charge on any atom is -0.338 e. The first-order chi connectivity index (χ1) is 12.4. The summed E-state index contributed by atoms with van der Waals surface area (Å²) >= 11 is 0. The summed E-state index contributed by atoms with van der Waals surface area (Å²) in [4.78, 5) is 41.2. The number of nitrogens with zero attached hydrogens (tertiary/aromatic N) is 2. The van der Waals surface area contributed by atoms with Crippen LogP contribution in [-0.2, 0) is 9.59 Å². The number of hydrogen-bond acceptors (Lipinski definition) is 3. The van der Waals surface area contributed by atoms with Gasteiger partial charge in [0.2, 0.25) is 5.91 Å². The zero-order valence-electron chi connectivity index (χ0n) is 16.8. The van der Waals surface area contributed by atoms with E-state index >= 15 is 0 Å². The second-order valence-corrected chi connectivity index (χ2v) is 7.95. The molecule has 0 aromatic heterocycles. The Morgan fingerprint density at radius 2 is 1.92 bits per heavy atom. The van der Waals surface area contributed by atoms with Gasteiger partial charge in [0.05, 0.1) is 0 Å². The molecule has 6 nitrogen and oxygen atoms in total. The molecular weight excluding hydrogens is 330 g/mol. The molecule has 1 aliphatic carbocycles. The van der Waals surface area contributed by atoms with E-state index in [4.69, 9.17) is 0 Å². The third-order valence-corrected chi connectivity index (χ3v) is 6.27. The molecule has 1 spiro atoms. The molecule has 26 heavy (non-hydrogen) atoms. The van der Waals surface area contributed by atoms with Gasteiger partial charge in [-0.3, -0.25) is 14.5 Å². The van der Waals surface area contributed by atoms with Crippen molar-refractivity contribution in [2.75, 3.05) is 13.1 Å². The lowest BCUT2D eigenvalue weighted by Gasteiger charge is -2.34. The highest BCUT2D eigenvalue weighted by Gasteiger charge is 2.52. The van der Waals surface area contributed by atoms with Gasteiger partial charge < -0.3 is 10.2 Å². The molecule has 6 heteroatoms. The van der Waals surface area contributed by atoms with E-state index in [-0.39, 0.29) is 24.4 Å². The fraction of sp³-hybridized carbons (Fsp3) is 0.850. The van der Waals surface area contributed by atoms with Crippen LogP contribution in [0, 0.1) is 5.92 Å². The second kappa shape index (κ2) is 8.87. The van der Waals surface area contributed by atoms with E-state index < -0.39 is 11.6 Å². The lowest BCUT2D eigenvalue weighted by Crippen LogP contribution is -2.50. The number of amides is 4. The van der Waals surface area contributed by atoms with Crippen molar-refractivity contribution in [3.05, 3.63) is 0 Å². The van der Waals surface area contributed by atoms with Crippen molar-refractivity contribution in [2.24, 2.45) is 5.92 Å². The van der Waals surface area contributed by atoms with Crippen LogP contribution in [0.3, 0.4) is 0 Å². The lowest BCUT2D eigenvalue weighted by atomic mass is 9.75. The minimum absolute atomic E-state index is 0.115. The van der Waals surface area contributed by atoms with E-state index in [1.54, 1.807) is 0 Å². The number of carbonyl (C=O) groups is 3. The first-order valence-corrected chi connectivity index (χ1v) is 10.3. The molecule has 2 rings (SSSR count). The average molecular weight is 366 g/mol. The molecule has 1 saturated heterocycles. The Hall–Kier alpha value is -1.59. The molecule has 2 aliphatic rings. The Balaban J connectivity index is 2.05. The first kappa shape index (κ1) is 20.7. The van der Waals surface area contributed by atoms with Crippen LogP contribution in [0.5, 0.6) is 0 Å². The van der Waals surface area contributed by atoms with Crippen LogP contribution in [0.25, 0.3) is 0 Å². The van der Waals surface area contributed by atoms with Gasteiger partial charge in [-0.2, -0.15) is 0 Å². The van der Waals surface area contributed by atoms with E-state index in [9.17, 15) is 14.4 Å². The van der Waals surface area contributed by atoms with Crippen molar-refractivity contribution in [1.29, 1.82) is 0 Å². The van der Waals surface area contributed by atoms with Crippen LogP contribution in [0.15, 0.2) is 0 Å². The maximum Gasteiger partial charge on any atom is 0.325 e. The molecule has 0 bridgehead atoms. The zero-order valence-corrected chi connectivity index (χ0v) is 16.8. The Labute approximate surface area is 157 Å². The minimum atomic E-state index is -0.770. The highest BCUT2D eigenvalue weighted by molar-refractivity contribution is 6.09. The fourth-order valence-corrected chi connectivity index (χ4v) is 4.10. The standard InChI is InChI=1S/C20H35N3O3/c1-5-8-13-22(15(4)6-2)17(24)14-23-18(25)20(21-19(23)26)11-9-16(7-3)10-12-20/h15-16H,5-14H2,1-4H3,(H,21,26). The number of nitrogens with one attached hydrogen (secondary N) is 1. The Morgan fingerprint density at radius 3 is 2.46 bits per heavy atom. The molecule has 1 saturated carbocycles. The van der Waals surface area contributed by atoms with Crippen LogP contribution in [0.1, 0.15) is 79.1 Å². The van der Waals surface area contributed by atoms with E-state index in [2.05, 4.69) is 19.2 Å². The third kappa shape index (κ3) is 4.21. The highest BCUT2D eigenvalue weighted by atomic mass is 16.2. The molecule has 1 N–H and O–H groups in total. The normalized spacial score (nSPS) is 26.9. The summed E-state index contributed by atoms with van der Waals surface area (Å²) in [6, 6.07) is -0.290. The summed E-state index contributed by atoms with van der Waals surface area (Å²) in [5.41, 5.74) is -0.770. The van der Waals surface area contributed by atoms with Gasteiger partial charge in [0.25, 0.3) is 5.91 Å². The Morgan fingerprint density at radius 1 is 1.27 bits per heavy atom. The van der Waals surface area contributed by atoms with Crippen LogP contribution < -0.4 is 5.32 Å². The molecule has 4 amide bonds. The molecule has 1 aliphatic heterocycles. The van der Waals surface area contributed by atoms with Crippen molar-refractivity contribution in [3.8, 4) is 0 Å². The van der Waals surface area contributed by atoms with E-state index in [1.165, 1.54) is 0 Å². The number of rotatable bonds is 8. The third-order valence-electron chi connectivity index (χ3n) is 6.27. The smallest absolute Gasteiger partial charge is 0.325 e. The number of carbonyl (C=O) groups excluding carboxylic acids is 3. The topological polar surface area (TPSA) is 69.7 Å². The summed E-state index contributed by atoms with van der Waals surface area (Å²) < 4.78 is 0. The largest absolute Gasteiger partial charge is 0.338 e. The van der Waals surface area contributed by atoms with Crippen LogP contribution in [0.4, 0.5) is 4.79 Å². The van der Waals surface area contributed by atoms with E-state index in [0.717, 1.165) is 43.4 Å². The Kier molecular flexibility index (Phi) is 7.07. The Bertz CT molecular complexity index is 526. The average Bonchev–Trinajstić information content (AvgIpc) is 2.86. The molecule has 1 heterocycles. The van der Waals surface area contributed by atoms with Gasteiger partial charge in [-0.05, 0) is 51.4 Å². The summed E-state index contributed by atoms with van der Waals surface area (Å²) in [6.07, 6.45) is 7.19. The predicted molar refractivity (Wildman–Crippen MR) is 102 cm³/mol. The number of urea groups is 1. The zero-order chi connectivity index (χ0) is 19.3. The highest BCUT2D eigenvalue weighted by Crippen LogP contribution is 2.37. The molecule has 0 radical (unpaired) electrons. The summed E-state index contributed by atoms with van der Waals surface area (Å²) in [5.74, 6) is 0.302. The molecule has 0 aromatic rings. The number of hydrogen-bond donors (Lipinski definition) is 1. The van der Waals surface area contributed by atoms with Gasteiger partial charge in [-0.1, -0.05) is 33.6 Å². The summed E-state index contributed by atoms with van der Waals surface area (Å²) in [5, 5.41) is 2.91. The van der Waals surface area contributed by atoms with E-state index in [1.807, 2.05) is 18.7 Å². The van der Waals surface area contributed by atoms with E-state index in [0.29, 0.717) is 25.3 Å². The summed E-state index contributed by atoms with van der Waals surface area (Å²) in [7, 11) is 0. The maximum absolute atomic E-state index is 13.0. The van der Waals surface area contributed by atoms with Gasteiger partial charge in [-0.15, -0.1) is 0 Å². The first-order valence-electron chi connectivity index (χ1n) is 10.3. The van der Waals surface area contributed by atoms with Gasteiger partial charge >= 0.3 is 6.03 Å². The monoisotopic (exact) mass is 365 g/mol. The molecule has 0 aromatic carbocycles. The van der Waals surface area contributed by atoms with Crippen molar-refractivity contribution in [2.45, 2.75) is 90.6 Å². The van der Waals surface area contributed by atoms with Crippen molar-refractivity contribution in [3.63, 3.8) is 0 Å². The number of unbranched alkanes of at least 4 members (excludes halogenated alkanes) is 1. The maximum atomic E-state index is 13.0. The summed E-state index contributed by atoms with van der Waals surface area (Å²) in [6.45, 7) is 8.86. The molecule has 148 valence electrons. The fourth-order valence-electron chi connectivity index (χ4n) is 4.10. The van der Waals surface area contributed by atoms with Crippen molar-refractivity contribution >= 4 is 17.8 Å². The number of imide groups is 1. The van der Waals surface area contributed by atoms with Crippen LogP contribution >= 0.6 is 0 Å².